The van der Waals surface area contributed by atoms with E-state index in [4.69, 9.17) is 19.5 Å². The Labute approximate surface area is 193 Å². The first-order chi connectivity index (χ1) is 16.2. The van der Waals surface area contributed by atoms with Crippen LogP contribution in [0.15, 0.2) is 30.0 Å². The monoisotopic (exact) mass is 476 g/mol. The van der Waals surface area contributed by atoms with Crippen LogP contribution in [0, 0.1) is 23.2 Å². The Kier molecular flexibility index (Phi) is 4.61. The molecule has 34 heavy (non-hydrogen) atoms. The summed E-state index contributed by atoms with van der Waals surface area (Å²) in [6, 6.07) is 4.94. The smallest absolute Gasteiger partial charge is 0.379 e. The Morgan fingerprint density at radius 3 is 2.71 bits per heavy atom. The first-order valence-corrected chi connectivity index (χ1v) is 11.3. The number of carbonyl (C=O) groups is 1. The summed E-state index contributed by atoms with van der Waals surface area (Å²) in [6.45, 7) is 4.73. The van der Waals surface area contributed by atoms with Crippen molar-refractivity contribution in [1.29, 1.82) is 5.26 Å². The summed E-state index contributed by atoms with van der Waals surface area (Å²) >= 11 is 0. The first kappa shape index (κ1) is 21.9. The molecule has 180 valence electrons. The Morgan fingerprint density at radius 2 is 2.00 bits per heavy atom. The van der Waals surface area contributed by atoms with Gasteiger partial charge < -0.3 is 19.6 Å². The highest BCUT2D eigenvalue weighted by Gasteiger charge is 2.75. The number of halogens is 3. The summed E-state index contributed by atoms with van der Waals surface area (Å²) in [5.41, 5.74) is 1.02. The maximum Gasteiger partial charge on any atom is 0.417 e. The lowest BCUT2D eigenvalue weighted by atomic mass is 9.69. The zero-order valence-electron chi connectivity index (χ0n) is 18.4. The van der Waals surface area contributed by atoms with Gasteiger partial charge in [0, 0.05) is 25.2 Å². The van der Waals surface area contributed by atoms with Crippen molar-refractivity contribution in [2.75, 3.05) is 37.8 Å². The zero-order valence-corrected chi connectivity index (χ0v) is 18.4. The number of anilines is 1. The first-order valence-electron chi connectivity index (χ1n) is 11.3. The SMILES string of the molecule is C[C@@]12O[C@]3(C=C1NN1CCOCC1)CCO[C@H]1[C@@H]3[C@@H]2C(=O)N1c1ccc(C#N)c(C(F)(F)F)c1. The molecule has 0 aliphatic carbocycles. The number of alkyl halides is 3. The van der Waals surface area contributed by atoms with Gasteiger partial charge in [-0.3, -0.25) is 9.69 Å². The predicted molar refractivity (Wildman–Crippen MR) is 111 cm³/mol. The van der Waals surface area contributed by atoms with E-state index in [1.54, 1.807) is 6.07 Å². The number of hydrogen-bond acceptors (Lipinski definition) is 7. The van der Waals surface area contributed by atoms with Crippen molar-refractivity contribution < 1.29 is 32.2 Å². The standard InChI is InChI=1S/C23H23F3N4O4/c1-21-16(28-29-5-8-32-9-6-29)11-22(34-21)4-7-33-20-18(22)17(21)19(31)30(20)14-3-2-13(12-27)15(10-14)23(24,25)26/h2-3,10-11,17-18,20,28H,4-9H2,1H3/t17-,18+,20+,21-,22+/m1/s1. The summed E-state index contributed by atoms with van der Waals surface area (Å²) in [4.78, 5) is 15.1. The van der Waals surface area contributed by atoms with Crippen molar-refractivity contribution in [2.24, 2.45) is 11.8 Å². The van der Waals surface area contributed by atoms with Crippen molar-refractivity contribution in [2.45, 2.75) is 37.0 Å². The molecule has 4 saturated heterocycles. The van der Waals surface area contributed by atoms with Crippen LogP contribution in [0.4, 0.5) is 18.9 Å². The van der Waals surface area contributed by atoms with Crippen molar-refractivity contribution >= 4 is 11.6 Å². The molecule has 5 heterocycles. The van der Waals surface area contributed by atoms with Crippen LogP contribution in [0.1, 0.15) is 24.5 Å². The molecule has 0 aromatic heterocycles. The molecule has 1 amide bonds. The molecule has 6 rings (SSSR count). The summed E-state index contributed by atoms with van der Waals surface area (Å²) in [6.07, 6.45) is -2.88. The van der Waals surface area contributed by atoms with Crippen molar-refractivity contribution in [3.05, 3.63) is 41.1 Å². The Bertz CT molecular complexity index is 1130. The highest BCUT2D eigenvalue weighted by atomic mass is 19.4. The third kappa shape index (κ3) is 2.89. The molecular weight excluding hydrogens is 453 g/mol. The van der Waals surface area contributed by atoms with Gasteiger partial charge in [0.05, 0.1) is 60.2 Å². The highest BCUT2D eigenvalue weighted by Crippen LogP contribution is 2.64. The van der Waals surface area contributed by atoms with Gasteiger partial charge >= 0.3 is 6.18 Å². The van der Waals surface area contributed by atoms with Crippen LogP contribution in [0.25, 0.3) is 0 Å². The third-order valence-corrected chi connectivity index (χ3v) is 7.69. The van der Waals surface area contributed by atoms with E-state index >= 15 is 0 Å². The maximum atomic E-state index is 13.8. The van der Waals surface area contributed by atoms with Crippen molar-refractivity contribution in [3.63, 3.8) is 0 Å². The van der Waals surface area contributed by atoms with E-state index in [2.05, 4.69) is 5.43 Å². The van der Waals surface area contributed by atoms with E-state index in [-0.39, 0.29) is 17.5 Å². The number of carbonyl (C=O) groups excluding carboxylic acids is 1. The van der Waals surface area contributed by atoms with Crippen molar-refractivity contribution in [3.8, 4) is 6.07 Å². The minimum atomic E-state index is -4.72. The number of fused-ring (bicyclic) bond motifs is 2. The maximum absolute atomic E-state index is 13.8. The molecular formula is C23H23F3N4O4. The number of amides is 1. The van der Waals surface area contributed by atoms with Crippen LogP contribution in [0.2, 0.25) is 0 Å². The van der Waals surface area contributed by atoms with E-state index in [9.17, 15) is 18.0 Å². The summed E-state index contributed by atoms with van der Waals surface area (Å²) in [5.74, 6) is -1.30. The summed E-state index contributed by atoms with van der Waals surface area (Å²) in [7, 11) is 0. The largest absolute Gasteiger partial charge is 0.417 e. The second kappa shape index (κ2) is 7.18. The molecule has 4 fully saturated rings. The molecule has 1 aromatic carbocycles. The second-order valence-corrected chi connectivity index (χ2v) is 9.50. The van der Waals surface area contributed by atoms with Gasteiger partial charge in [0.15, 0.2) is 0 Å². The van der Waals surface area contributed by atoms with E-state index < -0.39 is 40.7 Å². The number of nitriles is 1. The molecule has 0 radical (unpaired) electrons. The van der Waals surface area contributed by atoms with Gasteiger partial charge in [0.1, 0.15) is 11.8 Å². The molecule has 5 aliphatic rings. The third-order valence-electron chi connectivity index (χ3n) is 7.69. The van der Waals surface area contributed by atoms with Crippen LogP contribution in [-0.4, -0.2) is 61.3 Å². The number of rotatable bonds is 3. The molecule has 5 atom stereocenters. The van der Waals surface area contributed by atoms with E-state index in [1.807, 2.05) is 18.0 Å². The average Bonchev–Trinajstić information content (AvgIpc) is 3.37. The number of hydrogen-bond donors (Lipinski definition) is 1. The van der Waals surface area contributed by atoms with Crippen LogP contribution in [-0.2, 0) is 25.2 Å². The average molecular weight is 476 g/mol. The van der Waals surface area contributed by atoms with Gasteiger partial charge in [0.25, 0.3) is 0 Å². The van der Waals surface area contributed by atoms with Gasteiger partial charge in [0.2, 0.25) is 5.91 Å². The van der Waals surface area contributed by atoms with Crippen LogP contribution in [0.5, 0.6) is 0 Å². The molecule has 11 heteroatoms. The number of nitrogens with zero attached hydrogens (tertiary/aromatic N) is 3. The molecule has 2 bridgehead atoms. The normalized spacial score (nSPS) is 36.9. The zero-order chi connectivity index (χ0) is 23.9. The fourth-order valence-corrected chi connectivity index (χ4v) is 6.20. The summed E-state index contributed by atoms with van der Waals surface area (Å²) < 4.78 is 58.8. The second-order valence-electron chi connectivity index (χ2n) is 9.50. The van der Waals surface area contributed by atoms with E-state index in [0.29, 0.717) is 39.3 Å². The number of morpholine rings is 1. The Balaban J connectivity index is 1.38. The highest BCUT2D eigenvalue weighted by molar-refractivity contribution is 6.00. The minimum absolute atomic E-state index is 0.0680. The van der Waals surface area contributed by atoms with Gasteiger partial charge in [-0.15, -0.1) is 0 Å². The topological polar surface area (TPSA) is 87.1 Å². The molecule has 8 nitrogen and oxygen atoms in total. The Morgan fingerprint density at radius 1 is 1.24 bits per heavy atom. The van der Waals surface area contributed by atoms with Gasteiger partial charge in [-0.1, -0.05) is 0 Å². The number of benzene rings is 1. The quantitative estimate of drug-likeness (QED) is 0.716. The minimum Gasteiger partial charge on any atom is -0.379 e. The summed E-state index contributed by atoms with van der Waals surface area (Å²) in [5, 5.41) is 11.2. The van der Waals surface area contributed by atoms with Crippen LogP contribution >= 0.6 is 0 Å². The lowest BCUT2D eigenvalue weighted by Gasteiger charge is -2.40. The predicted octanol–water partition coefficient (Wildman–Crippen LogP) is 2.16. The molecule has 1 N–H and O–H groups in total. The van der Waals surface area contributed by atoms with Crippen LogP contribution in [0.3, 0.4) is 0 Å². The molecule has 1 aromatic rings. The molecule has 0 saturated carbocycles. The van der Waals surface area contributed by atoms with Crippen LogP contribution < -0.4 is 10.3 Å². The van der Waals surface area contributed by atoms with Gasteiger partial charge in [-0.25, -0.2) is 5.01 Å². The van der Waals surface area contributed by atoms with Gasteiger partial charge in [-0.05, 0) is 31.2 Å². The number of nitrogens with one attached hydrogen (secondary N) is 1. The fraction of sp³-hybridized carbons (Fsp3) is 0.565. The van der Waals surface area contributed by atoms with E-state index in [1.165, 1.54) is 11.0 Å². The lowest BCUT2D eigenvalue weighted by Crippen LogP contribution is -2.52. The fourth-order valence-electron chi connectivity index (χ4n) is 6.20. The van der Waals surface area contributed by atoms with E-state index in [0.717, 1.165) is 17.8 Å². The molecule has 0 unspecified atom stereocenters. The van der Waals surface area contributed by atoms with Crippen molar-refractivity contribution in [1.82, 2.24) is 10.4 Å². The number of ether oxygens (including phenoxy) is 3. The lowest BCUT2D eigenvalue weighted by molar-refractivity contribution is -0.138. The van der Waals surface area contributed by atoms with Gasteiger partial charge in [-0.2, -0.15) is 18.4 Å². The molecule has 5 aliphatic heterocycles. The Hall–Kier alpha value is -2.65. The molecule has 1 spiro atoms. The number of hydrazine groups is 1.